The van der Waals surface area contributed by atoms with E-state index in [1.54, 1.807) is 0 Å². The van der Waals surface area contributed by atoms with Gasteiger partial charge in [0, 0.05) is 5.33 Å². The topological polar surface area (TPSA) is 0 Å². The first-order valence-electron chi connectivity index (χ1n) is 1.62. The van der Waals surface area contributed by atoms with Crippen LogP contribution in [0.15, 0.2) is 0 Å². The van der Waals surface area contributed by atoms with Gasteiger partial charge in [0.2, 0.25) is 0 Å². The molecule has 0 fully saturated rings. The highest BCUT2D eigenvalue weighted by Gasteiger charge is 2.18. The predicted octanol–water partition coefficient (Wildman–Crippen LogP) is 2.95. The molecule has 0 N–H and O–H groups in total. The summed E-state index contributed by atoms with van der Waals surface area (Å²) in [5.41, 5.74) is 0. The Morgan fingerprint density at radius 3 is 2.00 bits per heavy atom. The van der Waals surface area contributed by atoms with Crippen LogP contribution in [0.2, 0.25) is 0 Å². The summed E-state index contributed by atoms with van der Waals surface area (Å²) >= 11 is 17.4. The summed E-state index contributed by atoms with van der Waals surface area (Å²) in [5.74, 6) is 0.403. The zero-order valence-electron chi connectivity index (χ0n) is 3.43. The van der Waals surface area contributed by atoms with Crippen molar-refractivity contribution >= 4 is 55.1 Å². The van der Waals surface area contributed by atoms with E-state index in [4.69, 9.17) is 23.2 Å². The molecule has 0 nitrogen and oxygen atoms in total. The van der Waals surface area contributed by atoms with E-state index in [2.05, 4.69) is 31.9 Å². The maximum Gasteiger partial charge on any atom is 0.122 e. The van der Waals surface area contributed by atoms with E-state index in [0.29, 0.717) is 11.2 Å². The molecule has 0 aromatic rings. The van der Waals surface area contributed by atoms with Crippen LogP contribution in [0.4, 0.5) is 0 Å². The van der Waals surface area contributed by atoms with Gasteiger partial charge >= 0.3 is 0 Å². The Bertz CT molecular complexity index is 48.9. The average molecular weight is 271 g/mol. The van der Waals surface area contributed by atoms with Crippen molar-refractivity contribution in [2.45, 2.75) is 3.78 Å². The molecule has 0 amide bonds. The fourth-order valence-corrected chi connectivity index (χ4v) is 0.557. The van der Waals surface area contributed by atoms with Crippen LogP contribution in [0.25, 0.3) is 0 Å². The number of hydrogen-bond acceptors (Lipinski definition) is 0. The first-order chi connectivity index (χ1) is 3.12. The van der Waals surface area contributed by atoms with Gasteiger partial charge in [-0.15, -0.1) is 23.2 Å². The molecule has 0 rings (SSSR count). The highest BCUT2D eigenvalue weighted by molar-refractivity contribution is 9.12. The van der Waals surface area contributed by atoms with Gasteiger partial charge in [0.25, 0.3) is 0 Å². The zero-order chi connectivity index (χ0) is 5.91. The third-order valence-corrected chi connectivity index (χ3v) is 4.17. The summed E-state index contributed by atoms with van der Waals surface area (Å²) in [7, 11) is 0. The minimum Gasteiger partial charge on any atom is -0.124 e. The molecule has 0 saturated heterocycles. The van der Waals surface area contributed by atoms with Crippen molar-refractivity contribution in [2.75, 3.05) is 11.2 Å². The van der Waals surface area contributed by atoms with Gasteiger partial charge < -0.3 is 0 Å². The highest BCUT2D eigenvalue weighted by atomic mass is 79.9. The van der Waals surface area contributed by atoms with Crippen LogP contribution >= 0.6 is 55.1 Å². The summed E-state index contributed by atoms with van der Waals surface area (Å²) in [5, 5.41) is 0.658. The fraction of sp³-hybridized carbons (Fsp3) is 1.00. The van der Waals surface area contributed by atoms with Crippen molar-refractivity contribution in [3.8, 4) is 0 Å². The third-order valence-electron chi connectivity index (χ3n) is 0.391. The van der Waals surface area contributed by atoms with Crippen LogP contribution in [0.5, 0.6) is 0 Å². The lowest BCUT2D eigenvalue weighted by molar-refractivity contribution is 1.07. The standard InChI is InChI=1S/C3H4Br2Cl2/c4-1-3(5,7)2-6/h1-2H2/t3-/m0/s1. The summed E-state index contributed by atoms with van der Waals surface area (Å²) in [6, 6.07) is 0. The Kier molecular flexibility index (Phi) is 4.32. The molecular weight excluding hydrogens is 267 g/mol. The molecule has 0 unspecified atom stereocenters. The van der Waals surface area contributed by atoms with Crippen LogP contribution in [-0.4, -0.2) is 15.0 Å². The first kappa shape index (κ1) is 8.54. The van der Waals surface area contributed by atoms with Gasteiger partial charge in [-0.3, -0.25) is 0 Å². The van der Waals surface area contributed by atoms with Gasteiger partial charge in [-0.25, -0.2) is 0 Å². The Labute approximate surface area is 69.8 Å². The monoisotopic (exact) mass is 268 g/mol. The summed E-state index contributed by atoms with van der Waals surface area (Å²) in [6.07, 6.45) is 0. The number of alkyl halides is 4. The number of rotatable bonds is 2. The zero-order valence-corrected chi connectivity index (χ0v) is 8.11. The van der Waals surface area contributed by atoms with Crippen molar-refractivity contribution in [2.24, 2.45) is 0 Å². The molecule has 0 aromatic carbocycles. The summed E-state index contributed by atoms with van der Waals surface area (Å²) in [4.78, 5) is 0. The fourth-order valence-electron chi connectivity index (χ4n) is 0.0357. The Hall–Kier alpha value is 1.54. The van der Waals surface area contributed by atoms with E-state index in [0.717, 1.165) is 0 Å². The second kappa shape index (κ2) is 3.54. The second-order valence-corrected chi connectivity index (χ2v) is 4.65. The molecule has 44 valence electrons. The smallest absolute Gasteiger partial charge is 0.122 e. The molecule has 0 aliphatic rings. The van der Waals surface area contributed by atoms with Crippen LogP contribution in [0.3, 0.4) is 0 Å². The lowest BCUT2D eigenvalue weighted by Crippen LogP contribution is -2.14. The van der Waals surface area contributed by atoms with Gasteiger partial charge in [-0.1, -0.05) is 31.9 Å². The maximum atomic E-state index is 5.64. The molecule has 0 aliphatic carbocycles. The van der Waals surface area contributed by atoms with Crippen molar-refractivity contribution in [1.82, 2.24) is 0 Å². The van der Waals surface area contributed by atoms with Gasteiger partial charge in [0.15, 0.2) is 0 Å². The van der Waals surface area contributed by atoms with E-state index in [-0.39, 0.29) is 0 Å². The molecule has 7 heavy (non-hydrogen) atoms. The molecule has 0 heterocycles. The minimum absolute atomic E-state index is 0.403. The lowest BCUT2D eigenvalue weighted by atomic mass is 10.6. The Morgan fingerprint density at radius 2 is 2.00 bits per heavy atom. The largest absolute Gasteiger partial charge is 0.124 e. The van der Waals surface area contributed by atoms with Gasteiger partial charge in [0.05, 0.1) is 5.88 Å². The third kappa shape index (κ3) is 4.07. The van der Waals surface area contributed by atoms with Crippen LogP contribution in [0.1, 0.15) is 0 Å². The minimum atomic E-state index is -0.450. The number of hydrogen-bond donors (Lipinski definition) is 0. The molecular formula is C3H4Br2Cl2. The molecule has 0 saturated carbocycles. The Balaban J connectivity index is 3.36. The van der Waals surface area contributed by atoms with Crippen molar-refractivity contribution in [1.29, 1.82) is 0 Å². The molecule has 4 heteroatoms. The normalized spacial score (nSPS) is 18.9. The van der Waals surface area contributed by atoms with Crippen molar-refractivity contribution in [3.05, 3.63) is 0 Å². The first-order valence-corrected chi connectivity index (χ1v) is 4.45. The molecule has 0 bridgehead atoms. The molecule has 0 radical (unpaired) electrons. The second-order valence-electron chi connectivity index (χ2n) is 1.12. The lowest BCUT2D eigenvalue weighted by Gasteiger charge is -2.09. The summed E-state index contributed by atoms with van der Waals surface area (Å²) in [6.45, 7) is 0. The predicted molar refractivity (Wildman–Crippen MR) is 42.0 cm³/mol. The van der Waals surface area contributed by atoms with E-state index >= 15 is 0 Å². The maximum absolute atomic E-state index is 5.64. The van der Waals surface area contributed by atoms with Crippen molar-refractivity contribution in [3.63, 3.8) is 0 Å². The number of halogens is 4. The summed E-state index contributed by atoms with van der Waals surface area (Å²) < 4.78 is -0.450. The van der Waals surface area contributed by atoms with Crippen LogP contribution in [-0.2, 0) is 0 Å². The Morgan fingerprint density at radius 1 is 1.57 bits per heavy atom. The van der Waals surface area contributed by atoms with Crippen LogP contribution in [0, 0.1) is 0 Å². The molecule has 0 spiro atoms. The highest BCUT2D eigenvalue weighted by Crippen LogP contribution is 2.26. The van der Waals surface area contributed by atoms with Crippen LogP contribution < -0.4 is 0 Å². The van der Waals surface area contributed by atoms with Gasteiger partial charge in [-0.2, -0.15) is 0 Å². The molecule has 0 aromatic heterocycles. The van der Waals surface area contributed by atoms with Gasteiger partial charge in [-0.05, 0) is 0 Å². The quantitative estimate of drug-likeness (QED) is 0.677. The van der Waals surface area contributed by atoms with E-state index in [1.165, 1.54) is 0 Å². The SMILES string of the molecule is ClC[C@](Cl)(Br)CBr. The van der Waals surface area contributed by atoms with Gasteiger partial charge in [0.1, 0.15) is 3.78 Å². The van der Waals surface area contributed by atoms with E-state index in [1.807, 2.05) is 0 Å². The van der Waals surface area contributed by atoms with E-state index in [9.17, 15) is 0 Å². The van der Waals surface area contributed by atoms with E-state index < -0.39 is 3.78 Å². The molecule has 0 aliphatic heterocycles. The van der Waals surface area contributed by atoms with Crippen molar-refractivity contribution < 1.29 is 0 Å². The molecule has 1 atom stereocenters. The average Bonchev–Trinajstić information content (AvgIpc) is 1.68.